The molecule has 1 saturated heterocycles. The summed E-state index contributed by atoms with van der Waals surface area (Å²) in [5, 5.41) is 16.3. The van der Waals surface area contributed by atoms with Gasteiger partial charge < -0.3 is 15.5 Å². The maximum absolute atomic E-state index is 13.1. The molecule has 3 aromatic heterocycles. The quantitative estimate of drug-likeness (QED) is 0.518. The summed E-state index contributed by atoms with van der Waals surface area (Å²) in [7, 11) is 0. The third kappa shape index (κ3) is 4.19. The number of amides is 1. The first-order chi connectivity index (χ1) is 15.6. The normalized spacial score (nSPS) is 18.1. The minimum absolute atomic E-state index is 0.0489. The van der Waals surface area contributed by atoms with Gasteiger partial charge in [0.25, 0.3) is 0 Å². The van der Waals surface area contributed by atoms with Crippen molar-refractivity contribution in [2.75, 3.05) is 22.1 Å². The monoisotopic (exact) mass is 452 g/mol. The van der Waals surface area contributed by atoms with Crippen LogP contribution in [0.3, 0.4) is 0 Å². The molecule has 5 rings (SSSR count). The molecule has 1 fully saturated rings. The highest BCUT2D eigenvalue weighted by molar-refractivity contribution is 7.13. The Morgan fingerprint density at radius 1 is 1.25 bits per heavy atom. The van der Waals surface area contributed by atoms with Gasteiger partial charge in [0.2, 0.25) is 11.9 Å². The van der Waals surface area contributed by atoms with E-state index in [1.807, 2.05) is 11.4 Å². The Labute approximate surface area is 191 Å². The van der Waals surface area contributed by atoms with Crippen LogP contribution in [0.5, 0.6) is 0 Å². The molecule has 1 aliphatic heterocycles. The summed E-state index contributed by atoms with van der Waals surface area (Å²) in [6.07, 6.45) is 7.44. The predicted molar refractivity (Wildman–Crippen MR) is 126 cm³/mol. The number of carbonyl (C=O) groups excluding carboxylic acids is 1. The Morgan fingerprint density at radius 3 is 2.94 bits per heavy atom. The van der Waals surface area contributed by atoms with Crippen molar-refractivity contribution in [3.63, 3.8) is 0 Å². The van der Waals surface area contributed by atoms with Gasteiger partial charge in [-0.1, -0.05) is 13.8 Å². The second-order valence-corrected chi connectivity index (χ2v) is 9.57. The summed E-state index contributed by atoms with van der Waals surface area (Å²) in [5.74, 6) is 2.49. The second-order valence-electron chi connectivity index (χ2n) is 8.67. The zero-order valence-corrected chi connectivity index (χ0v) is 19.2. The summed E-state index contributed by atoms with van der Waals surface area (Å²) in [4.78, 5) is 29.1. The summed E-state index contributed by atoms with van der Waals surface area (Å²) in [6, 6.07) is 1.72. The van der Waals surface area contributed by atoms with Crippen molar-refractivity contribution in [2.45, 2.75) is 64.3 Å². The molecule has 0 aromatic carbocycles. The van der Waals surface area contributed by atoms with Crippen LogP contribution in [0, 0.1) is 0 Å². The molecule has 3 N–H and O–H groups in total. The van der Waals surface area contributed by atoms with Gasteiger partial charge in [-0.05, 0) is 44.4 Å². The van der Waals surface area contributed by atoms with E-state index in [4.69, 9.17) is 9.97 Å². The van der Waals surface area contributed by atoms with Crippen LogP contribution in [0.4, 0.5) is 22.7 Å². The topological polar surface area (TPSA) is 112 Å². The Morgan fingerprint density at radius 2 is 2.16 bits per heavy atom. The standard InChI is InChI=1S/C22H28N8OS/c1-13(2)16-12-18(29-28-16)25-19-14-6-5-7-15(14)24-21(26-19)30-10-4-3-8-17(30)20(31)27-22-23-9-11-32-22/h9,11-13,17H,3-8,10H2,1-2H3,(H,23,27,31)(H2,24,25,26,28,29)/t17-/m1/s1. The third-order valence-electron chi connectivity index (χ3n) is 6.11. The molecule has 168 valence electrons. The van der Waals surface area contributed by atoms with E-state index in [2.05, 4.69) is 44.6 Å². The number of nitrogens with zero attached hydrogens (tertiary/aromatic N) is 5. The Hall–Kier alpha value is -3.01. The van der Waals surface area contributed by atoms with Crippen LogP contribution in [0.2, 0.25) is 0 Å². The molecule has 3 aromatic rings. The Bertz CT molecular complexity index is 1090. The summed E-state index contributed by atoms with van der Waals surface area (Å²) in [5.41, 5.74) is 3.30. The number of nitrogens with one attached hydrogen (secondary N) is 3. The first kappa shape index (κ1) is 20.9. The molecule has 1 aliphatic carbocycles. The van der Waals surface area contributed by atoms with Gasteiger partial charge in [-0.2, -0.15) is 10.1 Å². The van der Waals surface area contributed by atoms with Crippen molar-refractivity contribution in [3.8, 4) is 0 Å². The van der Waals surface area contributed by atoms with Crippen molar-refractivity contribution in [2.24, 2.45) is 0 Å². The highest BCUT2D eigenvalue weighted by Gasteiger charge is 2.32. The number of hydrogen-bond acceptors (Lipinski definition) is 8. The van der Waals surface area contributed by atoms with Crippen LogP contribution in [-0.2, 0) is 17.6 Å². The van der Waals surface area contributed by atoms with Gasteiger partial charge in [-0.15, -0.1) is 11.3 Å². The SMILES string of the molecule is CC(C)c1cc(Nc2nc(N3CCCC[C@@H]3C(=O)Nc3nccs3)nc3c2CCC3)n[nH]1. The van der Waals surface area contributed by atoms with Gasteiger partial charge in [-0.3, -0.25) is 9.89 Å². The van der Waals surface area contributed by atoms with Crippen LogP contribution < -0.4 is 15.5 Å². The molecule has 0 saturated carbocycles. The van der Waals surface area contributed by atoms with E-state index in [1.165, 1.54) is 11.3 Å². The lowest BCUT2D eigenvalue weighted by molar-refractivity contribution is -0.117. The van der Waals surface area contributed by atoms with Gasteiger partial charge in [-0.25, -0.2) is 9.97 Å². The number of aromatic amines is 1. The number of piperidine rings is 1. The number of H-pyrrole nitrogens is 1. The van der Waals surface area contributed by atoms with E-state index in [0.29, 0.717) is 17.0 Å². The highest BCUT2D eigenvalue weighted by atomic mass is 32.1. The number of hydrogen-bond donors (Lipinski definition) is 3. The molecule has 32 heavy (non-hydrogen) atoms. The largest absolute Gasteiger partial charge is 0.329 e. The number of aryl methyl sites for hydroxylation is 1. The van der Waals surface area contributed by atoms with E-state index in [-0.39, 0.29) is 11.9 Å². The number of fused-ring (bicyclic) bond motifs is 1. The lowest BCUT2D eigenvalue weighted by atomic mass is 10.0. The lowest BCUT2D eigenvalue weighted by Crippen LogP contribution is -2.48. The number of anilines is 4. The minimum atomic E-state index is -0.308. The number of thiazole rings is 1. The van der Waals surface area contributed by atoms with E-state index in [0.717, 1.165) is 73.7 Å². The molecule has 0 unspecified atom stereocenters. The summed E-state index contributed by atoms with van der Waals surface area (Å²) in [6.45, 7) is 5.02. The number of rotatable bonds is 6. The first-order valence-corrected chi connectivity index (χ1v) is 12.2. The molecule has 10 heteroatoms. The average Bonchev–Trinajstić information content (AvgIpc) is 3.55. The summed E-state index contributed by atoms with van der Waals surface area (Å²) < 4.78 is 0. The Kier molecular flexibility index (Phi) is 5.77. The fraction of sp³-hybridized carbons (Fsp3) is 0.500. The zero-order valence-electron chi connectivity index (χ0n) is 18.4. The van der Waals surface area contributed by atoms with E-state index in [1.54, 1.807) is 6.20 Å². The molecule has 0 spiro atoms. The number of aromatic nitrogens is 5. The molecule has 9 nitrogen and oxygen atoms in total. The van der Waals surface area contributed by atoms with Crippen LogP contribution in [0.25, 0.3) is 0 Å². The van der Waals surface area contributed by atoms with Gasteiger partial charge in [0.05, 0.1) is 5.69 Å². The van der Waals surface area contributed by atoms with Crippen LogP contribution in [-0.4, -0.2) is 43.6 Å². The smallest absolute Gasteiger partial charge is 0.248 e. The molecular formula is C22H28N8OS. The average molecular weight is 453 g/mol. The molecule has 2 aliphatic rings. The van der Waals surface area contributed by atoms with E-state index < -0.39 is 0 Å². The van der Waals surface area contributed by atoms with Crippen LogP contribution >= 0.6 is 11.3 Å². The fourth-order valence-electron chi connectivity index (χ4n) is 4.39. The maximum Gasteiger partial charge on any atom is 0.248 e. The molecule has 1 atom stereocenters. The van der Waals surface area contributed by atoms with Crippen molar-refractivity contribution < 1.29 is 4.79 Å². The number of carbonyl (C=O) groups is 1. The van der Waals surface area contributed by atoms with Crippen molar-refractivity contribution in [3.05, 3.63) is 34.6 Å². The summed E-state index contributed by atoms with van der Waals surface area (Å²) >= 11 is 1.42. The lowest BCUT2D eigenvalue weighted by Gasteiger charge is -2.34. The molecule has 4 heterocycles. The van der Waals surface area contributed by atoms with Gasteiger partial charge in [0.1, 0.15) is 11.9 Å². The Balaban J connectivity index is 1.44. The molecule has 0 bridgehead atoms. The van der Waals surface area contributed by atoms with Crippen molar-refractivity contribution in [1.82, 2.24) is 25.1 Å². The molecule has 1 amide bonds. The van der Waals surface area contributed by atoms with Crippen LogP contribution in [0.15, 0.2) is 17.6 Å². The molecular weight excluding hydrogens is 424 g/mol. The maximum atomic E-state index is 13.1. The molecule has 0 radical (unpaired) electrons. The van der Waals surface area contributed by atoms with Gasteiger partial charge in [0, 0.05) is 35.4 Å². The van der Waals surface area contributed by atoms with Crippen molar-refractivity contribution >= 4 is 40.0 Å². The third-order valence-corrected chi connectivity index (χ3v) is 6.80. The second kappa shape index (κ2) is 8.85. The first-order valence-electron chi connectivity index (χ1n) is 11.3. The van der Waals surface area contributed by atoms with Crippen molar-refractivity contribution in [1.29, 1.82) is 0 Å². The predicted octanol–water partition coefficient (Wildman–Crippen LogP) is 4.01. The highest BCUT2D eigenvalue weighted by Crippen LogP contribution is 2.32. The zero-order chi connectivity index (χ0) is 22.1. The van der Waals surface area contributed by atoms with Gasteiger partial charge >= 0.3 is 0 Å². The fourth-order valence-corrected chi connectivity index (χ4v) is 4.92. The van der Waals surface area contributed by atoms with E-state index >= 15 is 0 Å². The van der Waals surface area contributed by atoms with E-state index in [9.17, 15) is 4.79 Å². The van der Waals surface area contributed by atoms with Gasteiger partial charge in [0.15, 0.2) is 10.9 Å². The minimum Gasteiger partial charge on any atom is -0.329 e. The van der Waals surface area contributed by atoms with Crippen LogP contribution in [0.1, 0.15) is 62.4 Å².